The summed E-state index contributed by atoms with van der Waals surface area (Å²) in [5.74, 6) is 0.183. The van der Waals surface area contributed by atoms with Crippen LogP contribution < -0.4 is 0 Å². The Morgan fingerprint density at radius 2 is 2.10 bits per heavy atom. The van der Waals surface area contributed by atoms with Crippen molar-refractivity contribution in [2.75, 3.05) is 0 Å². The summed E-state index contributed by atoms with van der Waals surface area (Å²) in [6.07, 6.45) is 2.86. The smallest absolute Gasteiger partial charge is 0.126 e. The minimum atomic E-state index is -0.629. The lowest BCUT2D eigenvalue weighted by Gasteiger charge is -2.12. The van der Waals surface area contributed by atoms with Gasteiger partial charge in [-0.2, -0.15) is 5.10 Å². The molecule has 1 aliphatic rings. The summed E-state index contributed by atoms with van der Waals surface area (Å²) in [6.45, 7) is 4.24. The van der Waals surface area contributed by atoms with E-state index in [0.29, 0.717) is 0 Å². The second-order valence-electron chi connectivity index (χ2n) is 5.70. The first kappa shape index (κ1) is 15.4. The molecule has 1 fully saturated rings. The number of benzene rings is 1. The van der Waals surface area contributed by atoms with E-state index in [4.69, 9.17) is 28.3 Å². The van der Waals surface area contributed by atoms with Crippen LogP contribution in [0.5, 0.6) is 0 Å². The third-order valence-corrected chi connectivity index (χ3v) is 5.24. The summed E-state index contributed by atoms with van der Waals surface area (Å²) in [5.41, 5.74) is 4.52. The maximum absolute atomic E-state index is 6.26. The largest absolute Gasteiger partial charge is 0.226 e. The lowest BCUT2D eigenvalue weighted by molar-refractivity contribution is 0.789. The molecule has 21 heavy (non-hydrogen) atoms. The molecule has 0 radical (unpaired) electrons. The van der Waals surface area contributed by atoms with E-state index in [-0.39, 0.29) is 5.92 Å². The molecule has 0 amide bonds. The molecule has 1 aliphatic carbocycles. The van der Waals surface area contributed by atoms with E-state index in [1.165, 1.54) is 5.56 Å². The van der Waals surface area contributed by atoms with Crippen LogP contribution in [0, 0.1) is 6.92 Å². The van der Waals surface area contributed by atoms with Crippen molar-refractivity contribution in [2.24, 2.45) is 0 Å². The Balaban J connectivity index is 2.07. The standard InChI is InChI=1S/C16H17BrCl2N2/c1-3-4-11-8-15(17)21(20-11)14-7-10(2)5-6-12(14)13-9-16(13,18)19/h5-8,13H,3-4,9H2,1-2H3. The van der Waals surface area contributed by atoms with Gasteiger partial charge in [0.25, 0.3) is 0 Å². The van der Waals surface area contributed by atoms with Gasteiger partial charge >= 0.3 is 0 Å². The molecule has 112 valence electrons. The molecule has 1 unspecified atom stereocenters. The van der Waals surface area contributed by atoms with Gasteiger partial charge in [0.15, 0.2) is 0 Å². The summed E-state index contributed by atoms with van der Waals surface area (Å²) in [5, 5.41) is 4.71. The molecule has 1 aromatic carbocycles. The van der Waals surface area contributed by atoms with Gasteiger partial charge in [0.2, 0.25) is 0 Å². The molecule has 0 bridgehead atoms. The lowest BCUT2D eigenvalue weighted by Crippen LogP contribution is -2.04. The highest BCUT2D eigenvalue weighted by Gasteiger charge is 2.53. The second kappa shape index (κ2) is 5.60. The number of aromatic nitrogens is 2. The van der Waals surface area contributed by atoms with Gasteiger partial charge in [0.1, 0.15) is 8.94 Å². The zero-order chi connectivity index (χ0) is 15.2. The molecule has 2 aromatic rings. The van der Waals surface area contributed by atoms with Gasteiger partial charge in [-0.05, 0) is 59.0 Å². The van der Waals surface area contributed by atoms with Gasteiger partial charge in [-0.1, -0.05) is 25.5 Å². The fraction of sp³-hybridized carbons (Fsp3) is 0.438. The lowest BCUT2D eigenvalue weighted by atomic mass is 10.1. The molecule has 3 rings (SSSR count). The number of hydrogen-bond acceptors (Lipinski definition) is 1. The van der Waals surface area contributed by atoms with E-state index < -0.39 is 4.33 Å². The van der Waals surface area contributed by atoms with Gasteiger partial charge < -0.3 is 0 Å². The number of hydrogen-bond donors (Lipinski definition) is 0. The SMILES string of the molecule is CCCc1cc(Br)n(-c2cc(C)ccc2C2CC2(Cl)Cl)n1. The molecular weight excluding hydrogens is 371 g/mol. The number of halogens is 3. The Morgan fingerprint density at radius 1 is 1.38 bits per heavy atom. The summed E-state index contributed by atoms with van der Waals surface area (Å²) >= 11 is 16.1. The van der Waals surface area contributed by atoms with E-state index in [0.717, 1.165) is 40.8 Å². The average Bonchev–Trinajstić information content (AvgIpc) is 2.88. The van der Waals surface area contributed by atoms with Crippen molar-refractivity contribution in [1.29, 1.82) is 0 Å². The highest BCUT2D eigenvalue weighted by atomic mass is 79.9. The van der Waals surface area contributed by atoms with Crippen LogP contribution in [-0.4, -0.2) is 14.1 Å². The highest BCUT2D eigenvalue weighted by molar-refractivity contribution is 9.10. The first-order valence-corrected chi connectivity index (χ1v) is 8.70. The Kier molecular flexibility index (Phi) is 4.10. The number of rotatable bonds is 4. The molecule has 1 aromatic heterocycles. The van der Waals surface area contributed by atoms with Crippen molar-refractivity contribution < 1.29 is 0 Å². The zero-order valence-corrected chi connectivity index (χ0v) is 15.1. The Hall–Kier alpha value is -0.510. The van der Waals surface area contributed by atoms with Crippen molar-refractivity contribution in [3.05, 3.63) is 45.7 Å². The third-order valence-electron chi connectivity index (χ3n) is 3.84. The summed E-state index contributed by atoms with van der Waals surface area (Å²) in [6, 6.07) is 8.45. The van der Waals surface area contributed by atoms with Crippen LogP contribution in [0.2, 0.25) is 0 Å². The van der Waals surface area contributed by atoms with Gasteiger partial charge in [0, 0.05) is 5.92 Å². The summed E-state index contributed by atoms with van der Waals surface area (Å²) < 4.78 is 2.29. The molecule has 0 aliphatic heterocycles. The van der Waals surface area contributed by atoms with E-state index in [9.17, 15) is 0 Å². The fourth-order valence-electron chi connectivity index (χ4n) is 2.63. The highest BCUT2D eigenvalue weighted by Crippen LogP contribution is 2.60. The van der Waals surface area contributed by atoms with Crippen LogP contribution in [0.4, 0.5) is 0 Å². The minimum Gasteiger partial charge on any atom is -0.226 e. The van der Waals surface area contributed by atoms with Gasteiger partial charge in [-0.3, -0.25) is 0 Å². The van der Waals surface area contributed by atoms with Crippen LogP contribution in [0.25, 0.3) is 5.69 Å². The van der Waals surface area contributed by atoms with Crippen molar-refractivity contribution in [2.45, 2.75) is 43.4 Å². The fourth-order valence-corrected chi connectivity index (χ4v) is 3.71. The van der Waals surface area contributed by atoms with Crippen LogP contribution in [0.1, 0.15) is 42.5 Å². The van der Waals surface area contributed by atoms with Gasteiger partial charge in [-0.25, -0.2) is 4.68 Å². The molecule has 0 saturated heterocycles. The zero-order valence-electron chi connectivity index (χ0n) is 12.0. The quantitative estimate of drug-likeness (QED) is 0.628. The first-order chi connectivity index (χ1) is 9.92. The van der Waals surface area contributed by atoms with Gasteiger partial charge in [0.05, 0.1) is 11.4 Å². The Bertz CT molecular complexity index is 679. The molecule has 5 heteroatoms. The van der Waals surface area contributed by atoms with E-state index >= 15 is 0 Å². The average molecular weight is 388 g/mol. The van der Waals surface area contributed by atoms with Crippen molar-refractivity contribution in [1.82, 2.24) is 9.78 Å². The van der Waals surface area contributed by atoms with Crippen molar-refractivity contribution in [3.63, 3.8) is 0 Å². The topological polar surface area (TPSA) is 17.8 Å². The Morgan fingerprint density at radius 3 is 2.71 bits per heavy atom. The first-order valence-electron chi connectivity index (χ1n) is 7.15. The third kappa shape index (κ3) is 3.01. The molecule has 0 N–H and O–H groups in total. The number of nitrogens with zero attached hydrogens (tertiary/aromatic N) is 2. The predicted molar refractivity (Wildman–Crippen MR) is 91.8 cm³/mol. The van der Waals surface area contributed by atoms with Crippen molar-refractivity contribution >= 4 is 39.1 Å². The molecule has 1 atom stereocenters. The molecule has 1 saturated carbocycles. The second-order valence-corrected chi connectivity index (χ2v) is 8.06. The Labute approximate surface area is 143 Å². The van der Waals surface area contributed by atoms with E-state index in [1.807, 2.05) is 4.68 Å². The van der Waals surface area contributed by atoms with Crippen LogP contribution in [-0.2, 0) is 6.42 Å². The predicted octanol–water partition coefficient (Wildman–Crippen LogP) is 5.56. The molecule has 0 spiro atoms. The van der Waals surface area contributed by atoms with Crippen LogP contribution >= 0.6 is 39.1 Å². The molecule has 1 heterocycles. The monoisotopic (exact) mass is 386 g/mol. The number of alkyl halides is 2. The minimum absolute atomic E-state index is 0.183. The van der Waals surface area contributed by atoms with E-state index in [2.05, 4.69) is 54.0 Å². The van der Waals surface area contributed by atoms with Crippen LogP contribution in [0.15, 0.2) is 28.9 Å². The summed E-state index contributed by atoms with van der Waals surface area (Å²) in [4.78, 5) is 0. The summed E-state index contributed by atoms with van der Waals surface area (Å²) in [7, 11) is 0. The molecular formula is C16H17BrCl2N2. The number of aryl methyl sites for hydroxylation is 2. The van der Waals surface area contributed by atoms with Gasteiger partial charge in [-0.15, -0.1) is 23.2 Å². The van der Waals surface area contributed by atoms with Crippen LogP contribution in [0.3, 0.4) is 0 Å². The molecule has 2 nitrogen and oxygen atoms in total. The normalized spacial score (nSPS) is 19.8. The van der Waals surface area contributed by atoms with Crippen molar-refractivity contribution in [3.8, 4) is 5.69 Å². The maximum Gasteiger partial charge on any atom is 0.126 e. The maximum atomic E-state index is 6.26. The van der Waals surface area contributed by atoms with E-state index in [1.54, 1.807) is 0 Å².